The number of ether oxygens (including phenoxy) is 1. The summed E-state index contributed by atoms with van der Waals surface area (Å²) in [6.07, 6.45) is 8.20. The Kier molecular flexibility index (Phi) is 9.65. The number of likely N-dealkylation sites (N-methyl/N-ethyl adjacent to an activating group) is 1. The van der Waals surface area contributed by atoms with Gasteiger partial charge in [-0.25, -0.2) is 14.8 Å². The van der Waals surface area contributed by atoms with Crippen LogP contribution in [0, 0.1) is 0 Å². The zero-order valence-electron chi connectivity index (χ0n) is 31.4. The summed E-state index contributed by atoms with van der Waals surface area (Å²) in [5.74, 6) is 1.45. The maximum absolute atomic E-state index is 13.9. The van der Waals surface area contributed by atoms with E-state index in [4.69, 9.17) is 16.1 Å². The number of benzene rings is 3. The van der Waals surface area contributed by atoms with Gasteiger partial charge in [0.05, 0.1) is 49.0 Å². The van der Waals surface area contributed by atoms with Gasteiger partial charge in [-0.05, 0) is 79.9 Å². The molecule has 278 valence electrons. The molecule has 4 atom stereocenters. The minimum atomic E-state index is -0.870. The highest BCUT2D eigenvalue weighted by molar-refractivity contribution is 5.87. The monoisotopic (exact) mass is 727 g/mol. The number of amides is 3. The first-order valence-corrected chi connectivity index (χ1v) is 18.8. The van der Waals surface area contributed by atoms with Crippen LogP contribution in [0.1, 0.15) is 75.2 Å². The van der Waals surface area contributed by atoms with Gasteiger partial charge in [0.25, 0.3) is 5.91 Å². The fourth-order valence-electron chi connectivity index (χ4n) is 8.19. The highest BCUT2D eigenvalue weighted by atomic mass is 16.5. The van der Waals surface area contributed by atoms with E-state index in [2.05, 4.69) is 63.8 Å². The highest BCUT2D eigenvalue weighted by Crippen LogP contribution is 2.36. The third kappa shape index (κ3) is 7.01. The number of hydrogen-bond donors (Lipinski definition) is 3. The summed E-state index contributed by atoms with van der Waals surface area (Å²) in [5.41, 5.74) is 6.62. The summed E-state index contributed by atoms with van der Waals surface area (Å²) in [6, 6.07) is 24.5. The molecule has 0 aliphatic carbocycles. The number of rotatable bonds is 9. The smallest absolute Gasteiger partial charge is 0.407 e. The third-order valence-corrected chi connectivity index (χ3v) is 11.1. The first-order chi connectivity index (χ1) is 26.9. The SMILES string of the molecule is [2H]CN1CCC[C@H]1C(=O)N1CCC[C@H]1c1ncc(-c2ccc(-c3ccc(-c4cnc([C@@H]5CCCN5C(=O)[C@H](NC(=O)OC)c5ccccc5)[nH]4)cc3)cc2)[nH]1. The fraction of sp³-hybridized carbons (Fsp3) is 0.357. The zero-order valence-corrected chi connectivity index (χ0v) is 30.4. The molecule has 8 rings (SSSR count). The number of aromatic amines is 2. The zero-order chi connectivity index (χ0) is 37.9. The molecule has 5 heterocycles. The topological polar surface area (TPSA) is 140 Å². The number of nitrogens with one attached hydrogen (secondary N) is 3. The van der Waals surface area contributed by atoms with Crippen molar-refractivity contribution in [2.24, 2.45) is 0 Å². The van der Waals surface area contributed by atoms with Gasteiger partial charge >= 0.3 is 6.09 Å². The Bertz CT molecular complexity index is 2120. The van der Waals surface area contributed by atoms with E-state index < -0.39 is 12.1 Å². The van der Waals surface area contributed by atoms with E-state index in [1.54, 1.807) is 4.90 Å². The number of imidazole rings is 2. The Morgan fingerprint density at radius 2 is 1.28 bits per heavy atom. The van der Waals surface area contributed by atoms with E-state index in [1.165, 1.54) is 7.11 Å². The molecule has 3 aliphatic heterocycles. The summed E-state index contributed by atoms with van der Waals surface area (Å²) < 4.78 is 12.7. The molecule has 12 heteroatoms. The van der Waals surface area contributed by atoms with E-state index in [0.29, 0.717) is 17.9 Å². The van der Waals surface area contributed by atoms with Gasteiger partial charge in [0.2, 0.25) is 5.91 Å². The molecule has 2 aromatic heterocycles. The van der Waals surface area contributed by atoms with E-state index in [-0.39, 0.29) is 37.0 Å². The quantitative estimate of drug-likeness (QED) is 0.155. The van der Waals surface area contributed by atoms with Crippen LogP contribution in [0.4, 0.5) is 4.79 Å². The summed E-state index contributed by atoms with van der Waals surface area (Å²) in [5, 5.41) is 2.71. The molecule has 3 saturated heterocycles. The van der Waals surface area contributed by atoms with Crippen molar-refractivity contribution < 1.29 is 20.5 Å². The number of nitrogens with zero attached hydrogens (tertiary/aromatic N) is 5. The molecule has 0 radical (unpaired) electrons. The second-order valence-corrected chi connectivity index (χ2v) is 14.3. The van der Waals surface area contributed by atoms with Gasteiger partial charge in [-0.2, -0.15) is 0 Å². The summed E-state index contributed by atoms with van der Waals surface area (Å²) >= 11 is 0. The van der Waals surface area contributed by atoms with Gasteiger partial charge in [0, 0.05) is 14.5 Å². The Morgan fingerprint density at radius 3 is 1.85 bits per heavy atom. The van der Waals surface area contributed by atoms with Gasteiger partial charge < -0.3 is 29.8 Å². The van der Waals surface area contributed by atoms with E-state index in [0.717, 1.165) is 91.1 Å². The van der Waals surface area contributed by atoms with Crippen molar-refractivity contribution in [1.29, 1.82) is 0 Å². The van der Waals surface area contributed by atoms with E-state index in [9.17, 15) is 14.4 Å². The number of alkyl carbamates (subject to hydrolysis) is 1. The maximum atomic E-state index is 13.9. The van der Waals surface area contributed by atoms with Crippen molar-refractivity contribution in [1.82, 2.24) is 40.0 Å². The first kappa shape index (κ1) is 34.0. The van der Waals surface area contributed by atoms with Gasteiger partial charge in [-0.1, -0.05) is 78.9 Å². The van der Waals surface area contributed by atoms with Crippen LogP contribution in [-0.2, 0) is 14.3 Å². The Hall–Kier alpha value is -5.75. The van der Waals surface area contributed by atoms with Gasteiger partial charge in [-0.3, -0.25) is 14.5 Å². The van der Waals surface area contributed by atoms with Crippen LogP contribution in [0.25, 0.3) is 33.6 Å². The first-order valence-electron chi connectivity index (χ1n) is 19.5. The third-order valence-electron chi connectivity index (χ3n) is 11.1. The summed E-state index contributed by atoms with van der Waals surface area (Å²) in [7, 11) is 1.44. The lowest BCUT2D eigenvalue weighted by atomic mass is 10.0. The van der Waals surface area contributed by atoms with Crippen molar-refractivity contribution in [2.75, 3.05) is 33.8 Å². The lowest BCUT2D eigenvalue weighted by molar-refractivity contribution is -0.136. The molecule has 0 spiro atoms. The van der Waals surface area contributed by atoms with Crippen molar-refractivity contribution in [3.63, 3.8) is 0 Å². The lowest BCUT2D eigenvalue weighted by Gasteiger charge is -2.29. The van der Waals surface area contributed by atoms with Crippen LogP contribution in [-0.4, -0.2) is 92.4 Å². The number of hydrogen-bond acceptors (Lipinski definition) is 7. The second-order valence-electron chi connectivity index (χ2n) is 14.3. The molecule has 54 heavy (non-hydrogen) atoms. The number of likely N-dealkylation sites (tertiary alicyclic amines) is 3. The molecule has 5 aromatic rings. The van der Waals surface area contributed by atoms with Crippen LogP contribution < -0.4 is 5.32 Å². The predicted molar refractivity (Wildman–Crippen MR) is 205 cm³/mol. The average molecular weight is 728 g/mol. The normalized spacial score (nSPS) is 20.9. The molecule has 3 amide bonds. The molecule has 3 N–H and O–H groups in total. The van der Waals surface area contributed by atoms with Crippen molar-refractivity contribution in [3.8, 4) is 33.6 Å². The Labute approximate surface area is 316 Å². The van der Waals surface area contributed by atoms with Crippen LogP contribution in [0.2, 0.25) is 0 Å². The molecule has 0 bridgehead atoms. The Morgan fingerprint density at radius 1 is 0.741 bits per heavy atom. The van der Waals surface area contributed by atoms with Crippen molar-refractivity contribution in [3.05, 3.63) is 108 Å². The number of carbonyl (C=O) groups is 3. The summed E-state index contributed by atoms with van der Waals surface area (Å²) in [6.45, 7) is 2.11. The largest absolute Gasteiger partial charge is 0.453 e. The Balaban J connectivity index is 0.925. The van der Waals surface area contributed by atoms with Crippen LogP contribution >= 0.6 is 0 Å². The molecule has 0 unspecified atom stereocenters. The number of aromatic nitrogens is 4. The molecular formula is C42H46N8O4. The second kappa shape index (κ2) is 15.3. The predicted octanol–water partition coefficient (Wildman–Crippen LogP) is 6.65. The van der Waals surface area contributed by atoms with Crippen molar-refractivity contribution in [2.45, 2.75) is 62.7 Å². The maximum Gasteiger partial charge on any atom is 0.407 e. The van der Waals surface area contributed by atoms with Gasteiger partial charge in [0.15, 0.2) is 0 Å². The average Bonchev–Trinajstić information content (AvgIpc) is 4.09. The van der Waals surface area contributed by atoms with E-state index >= 15 is 0 Å². The molecule has 3 fully saturated rings. The summed E-state index contributed by atoms with van der Waals surface area (Å²) in [4.78, 5) is 61.6. The number of H-pyrrole nitrogens is 2. The van der Waals surface area contributed by atoms with Crippen LogP contribution in [0.15, 0.2) is 91.3 Å². The van der Waals surface area contributed by atoms with Crippen molar-refractivity contribution >= 4 is 17.9 Å². The fourth-order valence-corrected chi connectivity index (χ4v) is 8.19. The number of methoxy groups -OCH3 is 1. The molecule has 3 aromatic carbocycles. The van der Waals surface area contributed by atoms with Crippen LogP contribution in [0.3, 0.4) is 0 Å². The standard InChI is InChI=1S/C42H46N8O4/c1-48-22-6-13-36(48)40(51)49-23-7-11-34(49)38-43-25-32(45-38)29-18-14-27(15-19-29)28-16-20-30(21-17-28)33-26-44-39(46-33)35-12-8-24-50(35)41(52)37(47-42(53)54-2)31-9-4-3-5-10-31/h3-5,9-10,14-21,25-26,34-37H,6-8,11-13,22-24H2,1-2H3,(H,43,45)(H,44,46)(H,47,53)/t34-,35-,36-,37+/m0/s1/i1D. The molecule has 0 saturated carbocycles. The molecular weight excluding hydrogens is 681 g/mol. The minimum Gasteiger partial charge on any atom is -0.453 e. The highest BCUT2D eigenvalue weighted by Gasteiger charge is 2.39. The van der Waals surface area contributed by atoms with Crippen LogP contribution in [0.5, 0.6) is 0 Å². The molecule has 3 aliphatic rings. The van der Waals surface area contributed by atoms with Gasteiger partial charge in [-0.15, -0.1) is 0 Å². The van der Waals surface area contributed by atoms with E-state index in [1.807, 2.05) is 52.5 Å². The van der Waals surface area contributed by atoms with Gasteiger partial charge in [0.1, 0.15) is 17.7 Å². The minimum absolute atomic E-state index is 0.0694. The lowest BCUT2D eigenvalue weighted by Crippen LogP contribution is -2.44. The molecule has 12 nitrogen and oxygen atoms in total. The number of carbonyl (C=O) groups excluding carboxylic acids is 3.